The molecule has 0 spiro atoms. The quantitative estimate of drug-likeness (QED) is 0.738. The smallest absolute Gasteiger partial charge is 0.161 e. The van der Waals surface area contributed by atoms with E-state index in [4.69, 9.17) is 9.47 Å². The van der Waals surface area contributed by atoms with Crippen molar-refractivity contribution in [2.75, 3.05) is 26.3 Å². The number of halogens is 1. The molecule has 0 bridgehead atoms. The van der Waals surface area contributed by atoms with Crippen molar-refractivity contribution < 1.29 is 9.47 Å². The Morgan fingerprint density at radius 1 is 1.11 bits per heavy atom. The Bertz CT molecular complexity index is 318. The lowest BCUT2D eigenvalue weighted by atomic mass is 10.2. The Hall–Kier alpha value is -0.930. The van der Waals surface area contributed by atoms with Crippen molar-refractivity contribution in [3.8, 4) is 11.5 Å². The summed E-state index contributed by atoms with van der Waals surface area (Å²) in [4.78, 5) is 0. The van der Waals surface area contributed by atoms with Gasteiger partial charge in [-0.15, -0.1) is 12.4 Å². The third kappa shape index (κ3) is 6.72. The van der Waals surface area contributed by atoms with E-state index in [1.54, 1.807) is 0 Å². The van der Waals surface area contributed by atoms with E-state index >= 15 is 0 Å². The predicted molar refractivity (Wildman–Crippen MR) is 78.1 cm³/mol. The molecule has 0 radical (unpaired) electrons. The summed E-state index contributed by atoms with van der Waals surface area (Å²) in [6.45, 7) is 9.56. The Labute approximate surface area is 116 Å². The highest BCUT2D eigenvalue weighted by Gasteiger charge is 2.02. The van der Waals surface area contributed by atoms with Crippen molar-refractivity contribution in [1.29, 1.82) is 0 Å². The molecule has 18 heavy (non-hydrogen) atoms. The van der Waals surface area contributed by atoms with Crippen LogP contribution in [0.3, 0.4) is 0 Å². The molecule has 104 valence electrons. The van der Waals surface area contributed by atoms with Crippen LogP contribution < -0.4 is 14.8 Å². The SMILES string of the molecule is CCOc1ccccc1OCCNCC(C)C.Cl. The van der Waals surface area contributed by atoms with Gasteiger partial charge in [0.1, 0.15) is 6.61 Å². The third-order valence-corrected chi connectivity index (χ3v) is 2.24. The van der Waals surface area contributed by atoms with Crippen LogP contribution in [0.25, 0.3) is 0 Å². The summed E-state index contributed by atoms with van der Waals surface area (Å²) in [5.74, 6) is 2.31. The van der Waals surface area contributed by atoms with Crippen LogP contribution >= 0.6 is 12.4 Å². The minimum absolute atomic E-state index is 0. The summed E-state index contributed by atoms with van der Waals surface area (Å²) < 4.78 is 11.2. The van der Waals surface area contributed by atoms with Gasteiger partial charge in [0, 0.05) is 6.54 Å². The first kappa shape index (κ1) is 17.1. The molecule has 1 rings (SSSR count). The number of ether oxygens (including phenoxy) is 2. The summed E-state index contributed by atoms with van der Waals surface area (Å²) >= 11 is 0. The van der Waals surface area contributed by atoms with Gasteiger partial charge in [-0.1, -0.05) is 26.0 Å². The number of nitrogens with one attached hydrogen (secondary N) is 1. The van der Waals surface area contributed by atoms with Gasteiger partial charge in [0.05, 0.1) is 6.61 Å². The molecule has 4 heteroatoms. The standard InChI is InChI=1S/C14H23NO2.ClH/c1-4-16-13-7-5-6-8-14(13)17-10-9-15-11-12(2)3;/h5-8,12,15H,4,9-11H2,1-3H3;1H. The van der Waals surface area contributed by atoms with Crippen molar-refractivity contribution in [3.05, 3.63) is 24.3 Å². The molecular formula is C14H24ClNO2. The molecular weight excluding hydrogens is 250 g/mol. The molecule has 1 aromatic carbocycles. The molecule has 1 N–H and O–H groups in total. The van der Waals surface area contributed by atoms with Crippen LogP contribution in [0.5, 0.6) is 11.5 Å². The first-order chi connectivity index (χ1) is 8.24. The van der Waals surface area contributed by atoms with Gasteiger partial charge in [-0.2, -0.15) is 0 Å². The molecule has 0 amide bonds. The minimum Gasteiger partial charge on any atom is -0.490 e. The molecule has 0 aliphatic rings. The van der Waals surface area contributed by atoms with Crippen LogP contribution in [0.1, 0.15) is 20.8 Å². The molecule has 0 fully saturated rings. The first-order valence-corrected chi connectivity index (χ1v) is 6.29. The number of rotatable bonds is 8. The molecule has 0 heterocycles. The average Bonchev–Trinajstić information content (AvgIpc) is 2.31. The van der Waals surface area contributed by atoms with Crippen LogP contribution in [0.4, 0.5) is 0 Å². The second-order valence-electron chi connectivity index (χ2n) is 4.33. The van der Waals surface area contributed by atoms with Crippen LogP contribution in [0.15, 0.2) is 24.3 Å². The Kier molecular flexibility index (Phi) is 9.52. The third-order valence-electron chi connectivity index (χ3n) is 2.24. The monoisotopic (exact) mass is 273 g/mol. The van der Waals surface area contributed by atoms with E-state index < -0.39 is 0 Å². The van der Waals surface area contributed by atoms with E-state index in [0.717, 1.165) is 24.6 Å². The van der Waals surface area contributed by atoms with Crippen LogP contribution in [0, 0.1) is 5.92 Å². The average molecular weight is 274 g/mol. The maximum atomic E-state index is 5.68. The van der Waals surface area contributed by atoms with Gasteiger partial charge in [0.15, 0.2) is 11.5 Å². The van der Waals surface area contributed by atoms with Gasteiger partial charge < -0.3 is 14.8 Å². The predicted octanol–water partition coefficient (Wildman–Crippen LogP) is 3.13. The Balaban J connectivity index is 0.00000289. The minimum atomic E-state index is 0. The highest BCUT2D eigenvalue weighted by molar-refractivity contribution is 5.85. The number of hydrogen-bond donors (Lipinski definition) is 1. The fraction of sp³-hybridized carbons (Fsp3) is 0.571. The zero-order chi connectivity index (χ0) is 12.5. The number of para-hydroxylation sites is 2. The zero-order valence-corrected chi connectivity index (χ0v) is 12.3. The first-order valence-electron chi connectivity index (χ1n) is 6.29. The summed E-state index contributed by atoms with van der Waals surface area (Å²) in [6.07, 6.45) is 0. The van der Waals surface area contributed by atoms with E-state index in [9.17, 15) is 0 Å². The van der Waals surface area contributed by atoms with E-state index in [2.05, 4.69) is 19.2 Å². The largest absolute Gasteiger partial charge is 0.490 e. The van der Waals surface area contributed by atoms with Crippen molar-refractivity contribution in [2.24, 2.45) is 5.92 Å². The van der Waals surface area contributed by atoms with Gasteiger partial charge in [-0.05, 0) is 31.5 Å². The van der Waals surface area contributed by atoms with Crippen molar-refractivity contribution in [1.82, 2.24) is 5.32 Å². The lowest BCUT2D eigenvalue weighted by Gasteiger charge is -2.12. The maximum absolute atomic E-state index is 5.68. The van der Waals surface area contributed by atoms with Gasteiger partial charge in [0.25, 0.3) is 0 Å². The van der Waals surface area contributed by atoms with Gasteiger partial charge in [-0.3, -0.25) is 0 Å². The Morgan fingerprint density at radius 2 is 1.72 bits per heavy atom. The molecule has 0 atom stereocenters. The van der Waals surface area contributed by atoms with Gasteiger partial charge in [0.2, 0.25) is 0 Å². The lowest BCUT2D eigenvalue weighted by molar-refractivity contribution is 0.274. The van der Waals surface area contributed by atoms with Gasteiger partial charge in [-0.25, -0.2) is 0 Å². The summed E-state index contributed by atoms with van der Waals surface area (Å²) in [6, 6.07) is 7.78. The highest BCUT2D eigenvalue weighted by atomic mass is 35.5. The molecule has 0 saturated heterocycles. The number of hydrogen-bond acceptors (Lipinski definition) is 3. The molecule has 1 aromatic rings. The van der Waals surface area contributed by atoms with Crippen LogP contribution in [0.2, 0.25) is 0 Å². The maximum Gasteiger partial charge on any atom is 0.161 e. The molecule has 0 unspecified atom stereocenters. The summed E-state index contributed by atoms with van der Waals surface area (Å²) in [5.41, 5.74) is 0. The van der Waals surface area contributed by atoms with E-state index in [0.29, 0.717) is 19.1 Å². The number of benzene rings is 1. The summed E-state index contributed by atoms with van der Waals surface area (Å²) in [7, 11) is 0. The highest BCUT2D eigenvalue weighted by Crippen LogP contribution is 2.25. The van der Waals surface area contributed by atoms with Gasteiger partial charge >= 0.3 is 0 Å². The Morgan fingerprint density at radius 3 is 2.28 bits per heavy atom. The van der Waals surface area contributed by atoms with E-state index in [1.807, 2.05) is 31.2 Å². The second-order valence-corrected chi connectivity index (χ2v) is 4.33. The zero-order valence-electron chi connectivity index (χ0n) is 11.4. The molecule has 0 aliphatic carbocycles. The molecule has 3 nitrogen and oxygen atoms in total. The molecule has 0 saturated carbocycles. The van der Waals surface area contributed by atoms with Crippen molar-refractivity contribution in [3.63, 3.8) is 0 Å². The fourth-order valence-electron chi connectivity index (χ4n) is 1.47. The molecule has 0 aromatic heterocycles. The normalized spacial score (nSPS) is 10.0. The van der Waals surface area contributed by atoms with E-state index in [1.165, 1.54) is 0 Å². The lowest BCUT2D eigenvalue weighted by Crippen LogP contribution is -2.25. The summed E-state index contributed by atoms with van der Waals surface area (Å²) in [5, 5.41) is 3.34. The van der Waals surface area contributed by atoms with Crippen LogP contribution in [-0.2, 0) is 0 Å². The van der Waals surface area contributed by atoms with Crippen molar-refractivity contribution >= 4 is 12.4 Å². The topological polar surface area (TPSA) is 30.5 Å². The fourth-order valence-corrected chi connectivity index (χ4v) is 1.47. The van der Waals surface area contributed by atoms with Crippen molar-refractivity contribution in [2.45, 2.75) is 20.8 Å². The second kappa shape index (κ2) is 10.0. The molecule has 0 aliphatic heterocycles. The van der Waals surface area contributed by atoms with Crippen LogP contribution in [-0.4, -0.2) is 26.3 Å². The van der Waals surface area contributed by atoms with E-state index in [-0.39, 0.29) is 12.4 Å².